The van der Waals surface area contributed by atoms with Gasteiger partial charge in [-0.15, -0.1) is 0 Å². The van der Waals surface area contributed by atoms with Crippen molar-refractivity contribution in [1.82, 2.24) is 10.2 Å². The second-order valence-corrected chi connectivity index (χ2v) is 5.80. The van der Waals surface area contributed by atoms with Crippen LogP contribution in [0.15, 0.2) is 0 Å². The van der Waals surface area contributed by atoms with Gasteiger partial charge in [0.1, 0.15) is 0 Å². The van der Waals surface area contributed by atoms with Crippen molar-refractivity contribution >= 4 is 6.03 Å². The summed E-state index contributed by atoms with van der Waals surface area (Å²) in [5, 5.41) is 3.16. The van der Waals surface area contributed by atoms with Gasteiger partial charge in [0.05, 0.1) is 11.6 Å². The minimum Gasteiger partial charge on any atom is -0.376 e. The molecule has 2 aliphatic heterocycles. The van der Waals surface area contributed by atoms with Gasteiger partial charge >= 0.3 is 6.03 Å². The molecule has 2 fully saturated rings. The predicted octanol–water partition coefficient (Wildman–Crippen LogP) is 2.00. The molecule has 2 aliphatic rings. The van der Waals surface area contributed by atoms with Crippen LogP contribution in [0.4, 0.5) is 4.79 Å². The van der Waals surface area contributed by atoms with E-state index in [1.165, 1.54) is 6.42 Å². The first-order valence-electron chi connectivity index (χ1n) is 6.70. The number of rotatable bonds is 1. The standard InChI is InChI=1S/C13H24N2O2/c1-10-5-4-7-15(9-10)12(16)14-13(3)6-8-17-11(13)2/h10-11H,4-9H2,1-3H3,(H,14,16). The molecule has 4 nitrogen and oxygen atoms in total. The molecule has 3 atom stereocenters. The van der Waals surface area contributed by atoms with E-state index in [4.69, 9.17) is 4.74 Å². The topological polar surface area (TPSA) is 41.6 Å². The van der Waals surface area contributed by atoms with Gasteiger partial charge in [0, 0.05) is 19.7 Å². The van der Waals surface area contributed by atoms with Crippen molar-refractivity contribution in [3.05, 3.63) is 0 Å². The molecule has 0 aromatic heterocycles. The van der Waals surface area contributed by atoms with Gasteiger partial charge in [-0.1, -0.05) is 6.92 Å². The van der Waals surface area contributed by atoms with Gasteiger partial charge in [-0.2, -0.15) is 0 Å². The van der Waals surface area contributed by atoms with E-state index in [-0.39, 0.29) is 17.7 Å². The quantitative estimate of drug-likeness (QED) is 0.761. The van der Waals surface area contributed by atoms with Gasteiger partial charge < -0.3 is 15.0 Å². The van der Waals surface area contributed by atoms with E-state index >= 15 is 0 Å². The minimum atomic E-state index is -0.197. The molecule has 2 rings (SSSR count). The molecule has 2 heterocycles. The summed E-state index contributed by atoms with van der Waals surface area (Å²) in [6, 6.07) is 0.0800. The summed E-state index contributed by atoms with van der Waals surface area (Å²) in [5.74, 6) is 0.625. The van der Waals surface area contributed by atoms with Crippen LogP contribution in [0, 0.1) is 5.92 Å². The number of likely N-dealkylation sites (tertiary alicyclic amines) is 1. The molecule has 3 unspecified atom stereocenters. The third-order valence-electron chi connectivity index (χ3n) is 4.22. The summed E-state index contributed by atoms with van der Waals surface area (Å²) in [7, 11) is 0. The number of hydrogen-bond donors (Lipinski definition) is 1. The highest BCUT2D eigenvalue weighted by molar-refractivity contribution is 5.75. The molecule has 2 amide bonds. The Labute approximate surface area is 104 Å². The second-order valence-electron chi connectivity index (χ2n) is 5.80. The van der Waals surface area contributed by atoms with Crippen LogP contribution in [0.5, 0.6) is 0 Å². The lowest BCUT2D eigenvalue weighted by atomic mass is 9.94. The fourth-order valence-electron chi connectivity index (χ4n) is 2.70. The Morgan fingerprint density at radius 1 is 1.47 bits per heavy atom. The Kier molecular flexibility index (Phi) is 3.61. The number of piperidine rings is 1. The number of amides is 2. The van der Waals surface area contributed by atoms with Crippen LogP contribution >= 0.6 is 0 Å². The van der Waals surface area contributed by atoms with Crippen molar-refractivity contribution in [3.8, 4) is 0 Å². The molecule has 0 radical (unpaired) electrons. The average Bonchev–Trinajstić information content (AvgIpc) is 2.59. The zero-order valence-corrected chi connectivity index (χ0v) is 11.2. The van der Waals surface area contributed by atoms with Gasteiger partial charge in [-0.3, -0.25) is 0 Å². The molecule has 0 bridgehead atoms. The number of urea groups is 1. The summed E-state index contributed by atoms with van der Waals surface area (Å²) in [4.78, 5) is 14.2. The van der Waals surface area contributed by atoms with E-state index in [0.717, 1.165) is 32.5 Å². The molecule has 4 heteroatoms. The zero-order valence-electron chi connectivity index (χ0n) is 11.2. The SMILES string of the molecule is CC1CCCN(C(=O)NC2(C)CCOC2C)C1. The second kappa shape index (κ2) is 4.84. The molecule has 1 N–H and O–H groups in total. The fourth-order valence-corrected chi connectivity index (χ4v) is 2.70. The Balaban J connectivity index is 1.92. The molecule has 0 spiro atoms. The normalized spacial score (nSPS) is 38.2. The fraction of sp³-hybridized carbons (Fsp3) is 0.923. The van der Waals surface area contributed by atoms with Crippen LogP contribution < -0.4 is 5.32 Å². The molecule has 0 saturated carbocycles. The number of hydrogen-bond acceptors (Lipinski definition) is 2. The maximum absolute atomic E-state index is 12.2. The molecular formula is C13H24N2O2. The van der Waals surface area contributed by atoms with Gasteiger partial charge in [0.15, 0.2) is 0 Å². The van der Waals surface area contributed by atoms with Crippen LogP contribution in [0.3, 0.4) is 0 Å². The lowest BCUT2D eigenvalue weighted by Crippen LogP contribution is -2.56. The molecular weight excluding hydrogens is 216 g/mol. The highest BCUT2D eigenvalue weighted by Gasteiger charge is 2.39. The van der Waals surface area contributed by atoms with Crippen LogP contribution in [0.2, 0.25) is 0 Å². The van der Waals surface area contributed by atoms with Gasteiger partial charge in [0.25, 0.3) is 0 Å². The predicted molar refractivity (Wildman–Crippen MR) is 66.9 cm³/mol. The smallest absolute Gasteiger partial charge is 0.317 e. The van der Waals surface area contributed by atoms with Crippen molar-refractivity contribution < 1.29 is 9.53 Å². The highest BCUT2D eigenvalue weighted by atomic mass is 16.5. The molecule has 0 aliphatic carbocycles. The van der Waals surface area contributed by atoms with Gasteiger partial charge in [-0.05, 0) is 39.0 Å². The monoisotopic (exact) mass is 240 g/mol. The molecule has 0 aromatic carbocycles. The first-order chi connectivity index (χ1) is 8.01. The molecule has 2 saturated heterocycles. The van der Waals surface area contributed by atoms with E-state index in [1.807, 2.05) is 11.8 Å². The zero-order chi connectivity index (χ0) is 12.5. The van der Waals surface area contributed by atoms with E-state index in [0.29, 0.717) is 5.92 Å². The summed E-state index contributed by atoms with van der Waals surface area (Å²) < 4.78 is 5.54. The van der Waals surface area contributed by atoms with Gasteiger partial charge in [-0.25, -0.2) is 4.79 Å². The lowest BCUT2D eigenvalue weighted by Gasteiger charge is -2.36. The summed E-state index contributed by atoms with van der Waals surface area (Å²) in [5.41, 5.74) is -0.197. The van der Waals surface area contributed by atoms with E-state index in [9.17, 15) is 4.79 Å². The van der Waals surface area contributed by atoms with Crippen LogP contribution in [-0.4, -0.2) is 42.3 Å². The Bertz CT molecular complexity index is 295. The minimum absolute atomic E-state index is 0.0800. The molecule has 17 heavy (non-hydrogen) atoms. The van der Waals surface area contributed by atoms with Crippen molar-refractivity contribution in [2.75, 3.05) is 19.7 Å². The summed E-state index contributed by atoms with van der Waals surface area (Å²) in [6.45, 7) is 8.84. The molecule has 0 aromatic rings. The third kappa shape index (κ3) is 2.73. The van der Waals surface area contributed by atoms with Crippen LogP contribution in [0.25, 0.3) is 0 Å². The number of nitrogens with zero attached hydrogens (tertiary/aromatic N) is 1. The molecule has 98 valence electrons. The Hall–Kier alpha value is -0.770. The number of carbonyl (C=O) groups is 1. The van der Waals surface area contributed by atoms with Crippen LogP contribution in [0.1, 0.15) is 40.0 Å². The van der Waals surface area contributed by atoms with Crippen molar-refractivity contribution in [1.29, 1.82) is 0 Å². The Morgan fingerprint density at radius 3 is 2.82 bits per heavy atom. The van der Waals surface area contributed by atoms with E-state index in [1.54, 1.807) is 0 Å². The first kappa shape index (κ1) is 12.7. The van der Waals surface area contributed by atoms with Crippen LogP contribution in [-0.2, 0) is 4.74 Å². The lowest BCUT2D eigenvalue weighted by molar-refractivity contribution is 0.0861. The Morgan fingerprint density at radius 2 is 2.24 bits per heavy atom. The van der Waals surface area contributed by atoms with Gasteiger partial charge in [0.2, 0.25) is 0 Å². The van der Waals surface area contributed by atoms with Crippen molar-refractivity contribution in [3.63, 3.8) is 0 Å². The third-order valence-corrected chi connectivity index (χ3v) is 4.22. The highest BCUT2D eigenvalue weighted by Crippen LogP contribution is 2.26. The first-order valence-corrected chi connectivity index (χ1v) is 6.70. The van der Waals surface area contributed by atoms with E-state index in [2.05, 4.69) is 19.2 Å². The largest absolute Gasteiger partial charge is 0.376 e. The summed E-state index contributed by atoms with van der Waals surface area (Å²) in [6.07, 6.45) is 3.37. The number of nitrogens with one attached hydrogen (secondary N) is 1. The average molecular weight is 240 g/mol. The summed E-state index contributed by atoms with van der Waals surface area (Å²) >= 11 is 0. The number of carbonyl (C=O) groups excluding carboxylic acids is 1. The van der Waals surface area contributed by atoms with E-state index < -0.39 is 0 Å². The van der Waals surface area contributed by atoms with Crippen molar-refractivity contribution in [2.24, 2.45) is 5.92 Å². The maximum atomic E-state index is 12.2. The van der Waals surface area contributed by atoms with Crippen molar-refractivity contribution in [2.45, 2.75) is 51.7 Å². The number of ether oxygens (including phenoxy) is 1. The maximum Gasteiger partial charge on any atom is 0.317 e.